The van der Waals surface area contributed by atoms with Crippen molar-refractivity contribution in [2.75, 3.05) is 26.3 Å². The molecule has 4 nitrogen and oxygen atoms in total. The molecule has 1 amide bonds. The van der Waals surface area contributed by atoms with Crippen LogP contribution in [0.25, 0.3) is 0 Å². The fraction of sp³-hybridized carbons (Fsp3) is 0.917. The second-order valence-electron chi connectivity index (χ2n) is 5.70. The predicted octanol–water partition coefficient (Wildman–Crippen LogP) is 0.465. The third-order valence-electron chi connectivity index (χ3n) is 4.28. The zero-order valence-electron chi connectivity index (χ0n) is 10.4. The maximum Gasteiger partial charge on any atom is 0.232 e. The van der Waals surface area contributed by atoms with Crippen molar-refractivity contribution in [1.29, 1.82) is 0 Å². The van der Waals surface area contributed by atoms with Crippen molar-refractivity contribution < 1.29 is 9.53 Å². The van der Waals surface area contributed by atoms with Crippen molar-refractivity contribution in [3.63, 3.8) is 0 Å². The molecular formula is C12H22N2O2. The molecule has 2 N–H and O–H groups in total. The Morgan fingerprint density at radius 3 is 2.38 bits per heavy atom. The van der Waals surface area contributed by atoms with Gasteiger partial charge in [0.05, 0.1) is 18.6 Å². The van der Waals surface area contributed by atoms with Gasteiger partial charge in [-0.15, -0.1) is 0 Å². The van der Waals surface area contributed by atoms with Gasteiger partial charge in [0.25, 0.3) is 0 Å². The molecule has 16 heavy (non-hydrogen) atoms. The number of nitrogens with zero attached hydrogens (tertiary/aromatic N) is 1. The number of amides is 1. The van der Waals surface area contributed by atoms with E-state index in [0.29, 0.717) is 25.0 Å². The molecule has 4 unspecified atom stereocenters. The van der Waals surface area contributed by atoms with Crippen LogP contribution in [0.1, 0.15) is 20.8 Å². The van der Waals surface area contributed by atoms with Crippen LogP contribution in [-0.4, -0.2) is 43.2 Å². The zero-order valence-corrected chi connectivity index (χ0v) is 10.4. The van der Waals surface area contributed by atoms with Gasteiger partial charge in [0, 0.05) is 19.1 Å². The average Bonchev–Trinajstić information content (AvgIpc) is 2.73. The van der Waals surface area contributed by atoms with Crippen molar-refractivity contribution in [1.82, 2.24) is 4.90 Å². The van der Waals surface area contributed by atoms with Crippen molar-refractivity contribution in [3.05, 3.63) is 0 Å². The largest absolute Gasteiger partial charge is 0.379 e. The number of nitrogens with two attached hydrogens (primary N) is 1. The lowest BCUT2D eigenvalue weighted by molar-refractivity contribution is -0.140. The van der Waals surface area contributed by atoms with E-state index in [0.717, 1.165) is 13.1 Å². The molecule has 0 spiro atoms. The Bertz CT molecular complexity index is 285. The summed E-state index contributed by atoms with van der Waals surface area (Å²) in [5, 5.41) is 0. The number of carbonyl (C=O) groups is 1. The van der Waals surface area contributed by atoms with Crippen LogP contribution in [0.3, 0.4) is 0 Å². The van der Waals surface area contributed by atoms with E-state index in [1.807, 2.05) is 11.8 Å². The minimum atomic E-state index is -0.510. The molecule has 0 aromatic heterocycles. The van der Waals surface area contributed by atoms with Gasteiger partial charge in [-0.1, -0.05) is 13.8 Å². The molecule has 0 aromatic rings. The molecule has 4 atom stereocenters. The van der Waals surface area contributed by atoms with E-state index in [2.05, 4.69) is 13.8 Å². The number of carbonyl (C=O) groups excluding carboxylic acids is 1. The molecule has 92 valence electrons. The number of hydrogen-bond donors (Lipinski definition) is 1. The van der Waals surface area contributed by atoms with E-state index in [1.165, 1.54) is 0 Å². The Kier molecular flexibility index (Phi) is 2.97. The van der Waals surface area contributed by atoms with Gasteiger partial charge in [-0.3, -0.25) is 4.79 Å². The Balaban J connectivity index is 2.08. The first kappa shape index (κ1) is 11.9. The molecule has 4 heteroatoms. The van der Waals surface area contributed by atoms with E-state index < -0.39 is 5.41 Å². The van der Waals surface area contributed by atoms with Gasteiger partial charge in [-0.25, -0.2) is 0 Å². The molecule has 2 rings (SSSR count). The maximum atomic E-state index is 12.4. The summed E-state index contributed by atoms with van der Waals surface area (Å²) < 4.78 is 5.33. The second kappa shape index (κ2) is 4.00. The number of likely N-dealkylation sites (tertiary alicyclic amines) is 1. The van der Waals surface area contributed by atoms with Crippen LogP contribution in [0.5, 0.6) is 0 Å². The van der Waals surface area contributed by atoms with Crippen LogP contribution < -0.4 is 5.73 Å². The molecule has 2 heterocycles. The Morgan fingerprint density at radius 2 is 1.94 bits per heavy atom. The molecule has 0 bridgehead atoms. The van der Waals surface area contributed by atoms with Crippen LogP contribution in [0.15, 0.2) is 0 Å². The maximum absolute atomic E-state index is 12.4. The second-order valence-corrected chi connectivity index (χ2v) is 5.70. The van der Waals surface area contributed by atoms with Gasteiger partial charge in [-0.05, 0) is 18.8 Å². The van der Waals surface area contributed by atoms with Gasteiger partial charge < -0.3 is 15.4 Å². The molecule has 2 aliphatic rings. The summed E-state index contributed by atoms with van der Waals surface area (Å²) in [5.74, 6) is 1.35. The summed E-state index contributed by atoms with van der Waals surface area (Å²) in [4.78, 5) is 14.4. The monoisotopic (exact) mass is 226 g/mol. The molecule has 0 saturated carbocycles. The Labute approximate surface area is 97.1 Å². The molecule has 2 aliphatic heterocycles. The summed E-state index contributed by atoms with van der Waals surface area (Å²) in [6.45, 7) is 9.02. The first-order valence-corrected chi connectivity index (χ1v) is 6.08. The van der Waals surface area contributed by atoms with Gasteiger partial charge in [0.15, 0.2) is 0 Å². The molecule has 0 aromatic carbocycles. The van der Waals surface area contributed by atoms with Crippen molar-refractivity contribution in [2.24, 2.45) is 23.0 Å². The minimum absolute atomic E-state index is 0.161. The zero-order chi connectivity index (χ0) is 11.9. The standard InChI is InChI=1S/C12H22N2O2/c1-8-4-14(5-9(8)2)11(15)12(3)7-16-6-10(12)13/h8-10H,4-7,13H2,1-3H3. The first-order valence-electron chi connectivity index (χ1n) is 6.08. The van der Waals surface area contributed by atoms with Crippen LogP contribution in [-0.2, 0) is 9.53 Å². The van der Waals surface area contributed by atoms with Gasteiger partial charge in [-0.2, -0.15) is 0 Å². The lowest BCUT2D eigenvalue weighted by atomic mass is 9.84. The lowest BCUT2D eigenvalue weighted by Gasteiger charge is -2.30. The summed E-state index contributed by atoms with van der Waals surface area (Å²) in [7, 11) is 0. The molecule has 2 saturated heterocycles. The summed E-state index contributed by atoms with van der Waals surface area (Å²) in [5.41, 5.74) is 5.47. The number of rotatable bonds is 1. The van der Waals surface area contributed by atoms with Crippen LogP contribution in [0, 0.1) is 17.3 Å². The SMILES string of the molecule is CC1CN(C(=O)C2(C)COCC2N)CC1C. The average molecular weight is 226 g/mol. The van der Waals surface area contributed by atoms with Crippen molar-refractivity contribution in [3.8, 4) is 0 Å². The highest BCUT2D eigenvalue weighted by Gasteiger charge is 2.47. The molecule has 0 aliphatic carbocycles. The fourth-order valence-corrected chi connectivity index (χ4v) is 2.57. The normalized spacial score (nSPS) is 44.0. The molecule has 0 radical (unpaired) electrons. The molecular weight excluding hydrogens is 204 g/mol. The van der Waals surface area contributed by atoms with E-state index >= 15 is 0 Å². The van der Waals surface area contributed by atoms with E-state index in [1.54, 1.807) is 0 Å². The van der Waals surface area contributed by atoms with Crippen LogP contribution >= 0.6 is 0 Å². The van der Waals surface area contributed by atoms with Crippen LogP contribution in [0.2, 0.25) is 0 Å². The highest BCUT2D eigenvalue weighted by molar-refractivity contribution is 5.84. The van der Waals surface area contributed by atoms with E-state index in [9.17, 15) is 4.79 Å². The summed E-state index contributed by atoms with van der Waals surface area (Å²) in [6, 6.07) is -0.161. The highest BCUT2D eigenvalue weighted by atomic mass is 16.5. The summed E-state index contributed by atoms with van der Waals surface area (Å²) in [6.07, 6.45) is 0. The number of ether oxygens (including phenoxy) is 1. The quantitative estimate of drug-likeness (QED) is 0.707. The van der Waals surface area contributed by atoms with Gasteiger partial charge >= 0.3 is 0 Å². The Morgan fingerprint density at radius 1 is 1.38 bits per heavy atom. The topological polar surface area (TPSA) is 55.6 Å². The smallest absolute Gasteiger partial charge is 0.232 e. The molecule has 2 fully saturated rings. The fourth-order valence-electron chi connectivity index (χ4n) is 2.57. The highest BCUT2D eigenvalue weighted by Crippen LogP contribution is 2.33. The third-order valence-corrected chi connectivity index (χ3v) is 4.28. The Hall–Kier alpha value is -0.610. The lowest BCUT2D eigenvalue weighted by Crippen LogP contribution is -2.51. The van der Waals surface area contributed by atoms with Gasteiger partial charge in [0.1, 0.15) is 0 Å². The van der Waals surface area contributed by atoms with Crippen molar-refractivity contribution >= 4 is 5.91 Å². The van der Waals surface area contributed by atoms with Crippen molar-refractivity contribution in [2.45, 2.75) is 26.8 Å². The predicted molar refractivity (Wildman–Crippen MR) is 61.8 cm³/mol. The number of hydrogen-bond acceptors (Lipinski definition) is 3. The first-order chi connectivity index (χ1) is 7.45. The van der Waals surface area contributed by atoms with Crippen LogP contribution in [0.4, 0.5) is 0 Å². The summed E-state index contributed by atoms with van der Waals surface area (Å²) >= 11 is 0. The third kappa shape index (κ3) is 1.74. The van der Waals surface area contributed by atoms with E-state index in [4.69, 9.17) is 10.5 Å². The minimum Gasteiger partial charge on any atom is -0.379 e. The van der Waals surface area contributed by atoms with Gasteiger partial charge in [0.2, 0.25) is 5.91 Å². The van der Waals surface area contributed by atoms with E-state index in [-0.39, 0.29) is 11.9 Å².